The van der Waals surface area contributed by atoms with Crippen molar-refractivity contribution in [3.63, 3.8) is 0 Å². The van der Waals surface area contributed by atoms with Gasteiger partial charge in [-0.1, -0.05) is 42.5 Å². The standard InChI is InChI=1S/C18H15NO/c20-18-15-10-6-5-9-14(15)17-13-8-4-2-1-3-7-12(13)11-16(17)19-18/h2,4-10H,1,3,11H2,(H,19,20)/b4-2-,12-7-,13-8+. The lowest BCUT2D eigenvalue weighted by atomic mass is 9.98. The molecule has 0 radical (unpaired) electrons. The lowest BCUT2D eigenvalue weighted by Crippen LogP contribution is -2.09. The predicted octanol–water partition coefficient (Wildman–Crippen LogP) is 3.74. The second-order valence-electron chi connectivity index (χ2n) is 5.35. The third-order valence-electron chi connectivity index (χ3n) is 4.11. The monoisotopic (exact) mass is 261 g/mol. The van der Waals surface area contributed by atoms with Crippen molar-refractivity contribution in [2.24, 2.45) is 0 Å². The van der Waals surface area contributed by atoms with Crippen molar-refractivity contribution >= 4 is 16.3 Å². The van der Waals surface area contributed by atoms with Gasteiger partial charge in [0.05, 0.1) is 0 Å². The number of allylic oxidation sites excluding steroid dienone is 6. The number of benzene rings is 1. The first-order valence-corrected chi connectivity index (χ1v) is 7.05. The zero-order valence-electron chi connectivity index (χ0n) is 11.1. The average molecular weight is 261 g/mol. The Kier molecular flexibility index (Phi) is 2.49. The molecule has 0 saturated carbocycles. The summed E-state index contributed by atoms with van der Waals surface area (Å²) in [5.41, 5.74) is 4.89. The summed E-state index contributed by atoms with van der Waals surface area (Å²) in [5, 5.41) is 1.84. The van der Waals surface area contributed by atoms with Crippen LogP contribution in [0.3, 0.4) is 0 Å². The van der Waals surface area contributed by atoms with Crippen LogP contribution in [0.25, 0.3) is 16.3 Å². The van der Waals surface area contributed by atoms with Crippen molar-refractivity contribution in [2.45, 2.75) is 19.3 Å². The van der Waals surface area contributed by atoms with Gasteiger partial charge in [-0.05, 0) is 35.4 Å². The molecule has 1 aromatic heterocycles. The average Bonchev–Trinajstić information content (AvgIpc) is 2.76. The third-order valence-corrected chi connectivity index (χ3v) is 4.11. The van der Waals surface area contributed by atoms with Crippen molar-refractivity contribution in [1.29, 1.82) is 0 Å². The summed E-state index contributed by atoms with van der Waals surface area (Å²) in [6.07, 6.45) is 11.8. The second-order valence-corrected chi connectivity index (χ2v) is 5.35. The molecule has 2 aliphatic rings. The second kappa shape index (κ2) is 4.34. The number of nitrogens with one attached hydrogen (secondary N) is 1. The minimum Gasteiger partial charge on any atom is -0.325 e. The first-order valence-electron chi connectivity index (χ1n) is 7.05. The van der Waals surface area contributed by atoms with E-state index in [-0.39, 0.29) is 5.56 Å². The van der Waals surface area contributed by atoms with Gasteiger partial charge in [0, 0.05) is 23.1 Å². The van der Waals surface area contributed by atoms with Crippen molar-refractivity contribution in [3.8, 4) is 0 Å². The van der Waals surface area contributed by atoms with Crippen LogP contribution in [0.4, 0.5) is 0 Å². The van der Waals surface area contributed by atoms with Crippen molar-refractivity contribution in [1.82, 2.24) is 4.98 Å². The van der Waals surface area contributed by atoms with E-state index in [4.69, 9.17) is 0 Å². The minimum atomic E-state index is 0.0189. The van der Waals surface area contributed by atoms with Gasteiger partial charge in [0.15, 0.2) is 0 Å². The number of aromatic nitrogens is 1. The lowest BCUT2D eigenvalue weighted by Gasteiger charge is -2.07. The molecule has 98 valence electrons. The zero-order chi connectivity index (χ0) is 13.5. The Hall–Kier alpha value is -2.35. The van der Waals surface area contributed by atoms with Crippen LogP contribution in [0.15, 0.2) is 58.9 Å². The van der Waals surface area contributed by atoms with E-state index < -0.39 is 0 Å². The quantitative estimate of drug-likeness (QED) is 0.769. The number of rotatable bonds is 0. The molecule has 0 saturated heterocycles. The van der Waals surface area contributed by atoms with Gasteiger partial charge in [0.2, 0.25) is 0 Å². The maximum absolute atomic E-state index is 12.2. The van der Waals surface area contributed by atoms with Crippen LogP contribution in [0.2, 0.25) is 0 Å². The van der Waals surface area contributed by atoms with E-state index in [1.165, 1.54) is 16.7 Å². The normalized spacial score (nSPS) is 23.8. The molecule has 2 aliphatic carbocycles. The molecule has 0 fully saturated rings. The van der Waals surface area contributed by atoms with E-state index >= 15 is 0 Å². The predicted molar refractivity (Wildman–Crippen MR) is 82.7 cm³/mol. The van der Waals surface area contributed by atoms with E-state index in [0.29, 0.717) is 0 Å². The number of hydrogen-bond donors (Lipinski definition) is 1. The first-order chi connectivity index (χ1) is 9.84. The third kappa shape index (κ3) is 1.61. The Morgan fingerprint density at radius 3 is 2.80 bits per heavy atom. The van der Waals surface area contributed by atoms with Gasteiger partial charge in [-0.3, -0.25) is 4.79 Å². The number of fused-ring (bicyclic) bond motifs is 5. The fourth-order valence-electron chi connectivity index (χ4n) is 3.20. The highest BCUT2D eigenvalue weighted by molar-refractivity contribution is 6.01. The summed E-state index contributed by atoms with van der Waals surface area (Å²) < 4.78 is 0. The van der Waals surface area contributed by atoms with Crippen LogP contribution in [-0.4, -0.2) is 4.98 Å². The summed E-state index contributed by atoms with van der Waals surface area (Å²) in [6, 6.07) is 7.87. The van der Waals surface area contributed by atoms with Crippen LogP contribution in [0.5, 0.6) is 0 Å². The van der Waals surface area contributed by atoms with Crippen LogP contribution in [-0.2, 0) is 6.42 Å². The maximum atomic E-state index is 12.2. The smallest absolute Gasteiger partial charge is 0.256 e. The maximum Gasteiger partial charge on any atom is 0.256 e. The van der Waals surface area contributed by atoms with E-state index in [2.05, 4.69) is 35.4 Å². The fourth-order valence-corrected chi connectivity index (χ4v) is 3.20. The highest BCUT2D eigenvalue weighted by atomic mass is 16.1. The van der Waals surface area contributed by atoms with Gasteiger partial charge in [-0.2, -0.15) is 0 Å². The van der Waals surface area contributed by atoms with Gasteiger partial charge in [-0.25, -0.2) is 0 Å². The Morgan fingerprint density at radius 2 is 1.90 bits per heavy atom. The molecule has 2 heteroatoms. The van der Waals surface area contributed by atoms with Gasteiger partial charge >= 0.3 is 0 Å². The van der Waals surface area contributed by atoms with Gasteiger partial charge in [0.25, 0.3) is 5.56 Å². The SMILES string of the molecule is O=c1[nH]c2c(c3ccccc13)C1=C/C=C\CC/C=C\1C2. The highest BCUT2D eigenvalue weighted by Crippen LogP contribution is 2.39. The topological polar surface area (TPSA) is 32.9 Å². The Morgan fingerprint density at radius 1 is 1.05 bits per heavy atom. The Balaban J connectivity index is 2.10. The molecule has 0 amide bonds. The fraction of sp³-hybridized carbons (Fsp3) is 0.167. The summed E-state index contributed by atoms with van der Waals surface area (Å²) in [6.45, 7) is 0. The van der Waals surface area contributed by atoms with Gasteiger partial charge < -0.3 is 4.98 Å². The van der Waals surface area contributed by atoms with E-state index in [1.54, 1.807) is 0 Å². The Bertz CT molecular complexity index is 849. The van der Waals surface area contributed by atoms with Crippen molar-refractivity contribution < 1.29 is 0 Å². The minimum absolute atomic E-state index is 0.0189. The number of aromatic amines is 1. The van der Waals surface area contributed by atoms with E-state index in [1.807, 2.05) is 18.2 Å². The molecule has 0 unspecified atom stereocenters. The van der Waals surface area contributed by atoms with E-state index in [9.17, 15) is 4.79 Å². The zero-order valence-corrected chi connectivity index (χ0v) is 11.1. The molecule has 1 aromatic carbocycles. The van der Waals surface area contributed by atoms with Crippen molar-refractivity contribution in [2.75, 3.05) is 0 Å². The molecule has 1 N–H and O–H groups in total. The molecular formula is C18H15NO. The number of pyridine rings is 1. The van der Waals surface area contributed by atoms with Crippen molar-refractivity contribution in [3.05, 3.63) is 75.8 Å². The van der Waals surface area contributed by atoms with Gasteiger partial charge in [0.1, 0.15) is 0 Å². The van der Waals surface area contributed by atoms with E-state index in [0.717, 1.165) is 35.7 Å². The van der Waals surface area contributed by atoms with Gasteiger partial charge in [-0.15, -0.1) is 0 Å². The lowest BCUT2D eigenvalue weighted by molar-refractivity contribution is 1.02. The first kappa shape index (κ1) is 11.5. The van der Waals surface area contributed by atoms with Crippen LogP contribution < -0.4 is 5.56 Å². The summed E-state index contributed by atoms with van der Waals surface area (Å²) in [4.78, 5) is 15.2. The molecule has 1 heterocycles. The summed E-state index contributed by atoms with van der Waals surface area (Å²) in [7, 11) is 0. The molecule has 0 spiro atoms. The molecule has 20 heavy (non-hydrogen) atoms. The number of hydrogen-bond acceptors (Lipinski definition) is 1. The molecular weight excluding hydrogens is 246 g/mol. The molecule has 0 aliphatic heterocycles. The van der Waals surface area contributed by atoms with Crippen LogP contribution in [0, 0.1) is 0 Å². The molecule has 0 bridgehead atoms. The largest absolute Gasteiger partial charge is 0.325 e. The van der Waals surface area contributed by atoms with Crippen LogP contribution >= 0.6 is 0 Å². The molecule has 2 nitrogen and oxygen atoms in total. The molecule has 2 aromatic rings. The molecule has 4 rings (SSSR count). The molecule has 0 atom stereocenters. The van der Waals surface area contributed by atoms with Crippen LogP contribution in [0.1, 0.15) is 24.1 Å². The number of H-pyrrole nitrogens is 1. The summed E-state index contributed by atoms with van der Waals surface area (Å²) in [5.74, 6) is 0. The summed E-state index contributed by atoms with van der Waals surface area (Å²) >= 11 is 0. The Labute approximate surface area is 117 Å². The highest BCUT2D eigenvalue weighted by Gasteiger charge is 2.24.